The Labute approximate surface area is 121 Å². The molecule has 1 atom stereocenters. The average molecular weight is 273 g/mol. The maximum Gasteiger partial charge on any atom is 0.119 e. The van der Waals surface area contributed by atoms with Crippen LogP contribution in [0.4, 0.5) is 0 Å². The van der Waals surface area contributed by atoms with Crippen molar-refractivity contribution in [1.82, 2.24) is 4.90 Å². The number of terminal acetylenes is 1. The summed E-state index contributed by atoms with van der Waals surface area (Å²) < 4.78 is 5.58. The van der Waals surface area contributed by atoms with Gasteiger partial charge in [-0.2, -0.15) is 0 Å². The number of hydrogen-bond acceptors (Lipinski definition) is 3. The minimum atomic E-state index is -0.510. The Balaban J connectivity index is 1.79. The van der Waals surface area contributed by atoms with E-state index in [1.54, 1.807) is 0 Å². The first kappa shape index (κ1) is 14.9. The number of nitrogens with zero attached hydrogens (tertiary/aromatic N) is 1. The molecule has 0 aromatic heterocycles. The zero-order valence-electron chi connectivity index (χ0n) is 11.9. The summed E-state index contributed by atoms with van der Waals surface area (Å²) >= 11 is 0. The Kier molecular flexibility index (Phi) is 5.91. The standard InChI is InChI=1S/C17H23NO2/c1-2-12-18(15-8-6-7-9-15)13-16(19)14-20-17-10-4-3-5-11-17/h1,3-5,10-11,15-16,19H,6-9,12-14H2. The lowest BCUT2D eigenvalue weighted by Crippen LogP contribution is -2.41. The van der Waals surface area contributed by atoms with Gasteiger partial charge in [0.25, 0.3) is 0 Å². The third kappa shape index (κ3) is 4.56. The molecule has 0 aliphatic heterocycles. The van der Waals surface area contributed by atoms with Crippen molar-refractivity contribution in [1.29, 1.82) is 0 Å². The van der Waals surface area contributed by atoms with E-state index in [0.29, 0.717) is 25.7 Å². The lowest BCUT2D eigenvalue weighted by atomic mass is 10.2. The van der Waals surface area contributed by atoms with E-state index in [0.717, 1.165) is 5.75 Å². The summed E-state index contributed by atoms with van der Waals surface area (Å²) in [6, 6.07) is 10.1. The highest BCUT2D eigenvalue weighted by Crippen LogP contribution is 2.23. The molecule has 20 heavy (non-hydrogen) atoms. The predicted octanol–water partition coefficient (Wildman–Crippen LogP) is 2.30. The van der Waals surface area contributed by atoms with Crippen LogP contribution in [-0.2, 0) is 0 Å². The minimum Gasteiger partial charge on any atom is -0.491 e. The smallest absolute Gasteiger partial charge is 0.119 e. The molecule has 1 fully saturated rings. The van der Waals surface area contributed by atoms with E-state index in [9.17, 15) is 5.11 Å². The maximum atomic E-state index is 10.1. The second kappa shape index (κ2) is 7.94. The number of aliphatic hydroxyl groups is 1. The highest BCUT2D eigenvalue weighted by Gasteiger charge is 2.23. The zero-order valence-corrected chi connectivity index (χ0v) is 11.9. The topological polar surface area (TPSA) is 32.7 Å². The molecule has 1 unspecified atom stereocenters. The molecule has 108 valence electrons. The first-order chi connectivity index (χ1) is 9.79. The Morgan fingerprint density at radius 2 is 2.00 bits per heavy atom. The van der Waals surface area contributed by atoms with Crippen molar-refractivity contribution in [3.05, 3.63) is 30.3 Å². The summed E-state index contributed by atoms with van der Waals surface area (Å²) in [5, 5.41) is 10.1. The van der Waals surface area contributed by atoms with Gasteiger partial charge in [0.2, 0.25) is 0 Å². The number of rotatable bonds is 7. The highest BCUT2D eigenvalue weighted by atomic mass is 16.5. The van der Waals surface area contributed by atoms with Crippen LogP contribution in [0.2, 0.25) is 0 Å². The number of ether oxygens (including phenoxy) is 1. The van der Waals surface area contributed by atoms with Crippen molar-refractivity contribution < 1.29 is 9.84 Å². The normalized spacial score (nSPS) is 17.1. The number of aliphatic hydroxyl groups excluding tert-OH is 1. The van der Waals surface area contributed by atoms with Gasteiger partial charge in [-0.1, -0.05) is 37.0 Å². The van der Waals surface area contributed by atoms with E-state index >= 15 is 0 Å². The third-order valence-electron chi connectivity index (χ3n) is 3.77. The lowest BCUT2D eigenvalue weighted by molar-refractivity contribution is 0.0586. The van der Waals surface area contributed by atoms with Crippen LogP contribution in [0.1, 0.15) is 25.7 Å². The second-order valence-electron chi connectivity index (χ2n) is 5.35. The molecule has 1 N–H and O–H groups in total. The quantitative estimate of drug-likeness (QED) is 0.774. The van der Waals surface area contributed by atoms with Crippen LogP contribution in [0, 0.1) is 12.3 Å². The summed E-state index contributed by atoms with van der Waals surface area (Å²) in [5.41, 5.74) is 0. The third-order valence-corrected chi connectivity index (χ3v) is 3.77. The molecule has 0 spiro atoms. The number of hydrogen-bond donors (Lipinski definition) is 1. The molecule has 2 rings (SSSR count). The van der Waals surface area contributed by atoms with Gasteiger partial charge in [-0.15, -0.1) is 6.42 Å². The molecule has 0 radical (unpaired) electrons. The molecule has 3 nitrogen and oxygen atoms in total. The van der Waals surface area contributed by atoms with E-state index in [2.05, 4.69) is 10.8 Å². The van der Waals surface area contributed by atoms with Gasteiger partial charge < -0.3 is 9.84 Å². The van der Waals surface area contributed by atoms with Gasteiger partial charge >= 0.3 is 0 Å². The summed E-state index contributed by atoms with van der Waals surface area (Å²) in [7, 11) is 0. The fraction of sp³-hybridized carbons (Fsp3) is 0.529. The number of para-hydroxylation sites is 1. The predicted molar refractivity (Wildman–Crippen MR) is 80.6 cm³/mol. The Bertz CT molecular complexity index is 420. The highest BCUT2D eigenvalue weighted by molar-refractivity contribution is 5.20. The van der Waals surface area contributed by atoms with Crippen LogP contribution < -0.4 is 4.74 Å². The van der Waals surface area contributed by atoms with Crippen LogP contribution in [0.3, 0.4) is 0 Å². The van der Waals surface area contributed by atoms with E-state index in [1.165, 1.54) is 25.7 Å². The van der Waals surface area contributed by atoms with Crippen molar-refractivity contribution in [2.24, 2.45) is 0 Å². The molecule has 1 saturated carbocycles. The van der Waals surface area contributed by atoms with Gasteiger partial charge in [0, 0.05) is 12.6 Å². The molecule has 0 amide bonds. The van der Waals surface area contributed by atoms with E-state index in [1.807, 2.05) is 30.3 Å². The molecule has 3 heteroatoms. The van der Waals surface area contributed by atoms with E-state index in [4.69, 9.17) is 11.2 Å². The molecular formula is C17H23NO2. The van der Waals surface area contributed by atoms with Crippen LogP contribution >= 0.6 is 0 Å². The summed E-state index contributed by atoms with van der Waals surface area (Å²) in [6.07, 6.45) is 9.83. The average Bonchev–Trinajstić information content (AvgIpc) is 3.00. The van der Waals surface area contributed by atoms with Crippen LogP contribution in [0.25, 0.3) is 0 Å². The molecule has 0 bridgehead atoms. The Morgan fingerprint density at radius 3 is 2.65 bits per heavy atom. The second-order valence-corrected chi connectivity index (χ2v) is 5.35. The molecule has 1 aromatic carbocycles. The van der Waals surface area contributed by atoms with Crippen LogP contribution in [-0.4, -0.2) is 41.8 Å². The van der Waals surface area contributed by atoms with Gasteiger partial charge in [-0.25, -0.2) is 0 Å². The molecular weight excluding hydrogens is 250 g/mol. The van der Waals surface area contributed by atoms with Crippen LogP contribution in [0.15, 0.2) is 30.3 Å². The first-order valence-electron chi connectivity index (χ1n) is 7.33. The van der Waals surface area contributed by atoms with Gasteiger partial charge in [0.05, 0.1) is 6.54 Å². The SMILES string of the molecule is C#CCN(CC(O)COc1ccccc1)C1CCCC1. The Hall–Kier alpha value is -1.50. The van der Waals surface area contributed by atoms with Crippen molar-refractivity contribution in [3.63, 3.8) is 0 Å². The largest absolute Gasteiger partial charge is 0.491 e. The van der Waals surface area contributed by atoms with Crippen molar-refractivity contribution >= 4 is 0 Å². The number of benzene rings is 1. The molecule has 1 aliphatic carbocycles. The van der Waals surface area contributed by atoms with Gasteiger partial charge in [-0.05, 0) is 25.0 Å². The summed E-state index contributed by atoms with van der Waals surface area (Å²) in [6.45, 7) is 1.49. The van der Waals surface area contributed by atoms with Gasteiger partial charge in [0.1, 0.15) is 18.5 Å². The van der Waals surface area contributed by atoms with E-state index in [-0.39, 0.29) is 0 Å². The van der Waals surface area contributed by atoms with Gasteiger partial charge in [0.15, 0.2) is 0 Å². The Morgan fingerprint density at radius 1 is 1.30 bits per heavy atom. The molecule has 1 aromatic rings. The molecule has 1 aliphatic rings. The van der Waals surface area contributed by atoms with Crippen molar-refractivity contribution in [3.8, 4) is 18.1 Å². The molecule has 0 saturated heterocycles. The fourth-order valence-electron chi connectivity index (χ4n) is 2.76. The van der Waals surface area contributed by atoms with Crippen molar-refractivity contribution in [2.75, 3.05) is 19.7 Å². The molecule has 0 heterocycles. The monoisotopic (exact) mass is 273 g/mol. The minimum absolute atomic E-state index is 0.303. The first-order valence-corrected chi connectivity index (χ1v) is 7.33. The summed E-state index contributed by atoms with van der Waals surface area (Å²) in [5.74, 6) is 3.49. The zero-order chi connectivity index (χ0) is 14.2. The van der Waals surface area contributed by atoms with Crippen LogP contribution in [0.5, 0.6) is 5.75 Å². The van der Waals surface area contributed by atoms with E-state index < -0.39 is 6.10 Å². The van der Waals surface area contributed by atoms with Gasteiger partial charge in [-0.3, -0.25) is 4.90 Å². The fourth-order valence-corrected chi connectivity index (χ4v) is 2.76. The lowest BCUT2D eigenvalue weighted by Gasteiger charge is -2.28. The summed E-state index contributed by atoms with van der Waals surface area (Å²) in [4.78, 5) is 2.21. The maximum absolute atomic E-state index is 10.1. The van der Waals surface area contributed by atoms with Crippen molar-refractivity contribution in [2.45, 2.75) is 37.8 Å².